The molecule has 0 spiro atoms. The van der Waals surface area contributed by atoms with Crippen LogP contribution in [0.5, 0.6) is 0 Å². The first kappa shape index (κ1) is 14.4. The number of likely N-dealkylation sites (N-methyl/N-ethyl adjacent to an activating group) is 1. The lowest BCUT2D eigenvalue weighted by molar-refractivity contribution is -0.142. The fraction of sp³-hybridized carbons (Fsp3) is 0.467. The third-order valence-electron chi connectivity index (χ3n) is 4.08. The number of nitrogens with one attached hydrogen (secondary N) is 2. The summed E-state index contributed by atoms with van der Waals surface area (Å²) in [6, 6.07) is 7.39. The number of benzene rings is 1. The summed E-state index contributed by atoms with van der Waals surface area (Å²) in [5.74, 6) is -0.121. The van der Waals surface area contributed by atoms with Crippen LogP contribution in [0.1, 0.15) is 20.8 Å². The van der Waals surface area contributed by atoms with Gasteiger partial charge < -0.3 is 15.5 Å². The number of anilines is 2. The largest absolute Gasteiger partial charge is 0.381 e. The fourth-order valence-corrected chi connectivity index (χ4v) is 2.11. The summed E-state index contributed by atoms with van der Waals surface area (Å²) >= 11 is 0. The Morgan fingerprint density at radius 2 is 1.85 bits per heavy atom. The Kier molecular flexibility index (Phi) is 3.70. The molecule has 108 valence electrons. The number of carbonyl (C=O) groups is 2. The van der Waals surface area contributed by atoms with Gasteiger partial charge in [-0.1, -0.05) is 12.1 Å². The first-order valence-corrected chi connectivity index (χ1v) is 6.72. The maximum atomic E-state index is 12.5. The summed E-state index contributed by atoms with van der Waals surface area (Å²) in [6.45, 7) is 5.54. The standard InChI is InChI=1S/C15H21N3O2/c1-10(19)15(2,3)18(4)14(20)13-9-16-11-7-5-6-8-12(11)17-13/h5-8,13,16-17H,9H2,1-4H3. The van der Waals surface area contributed by atoms with Crippen LogP contribution in [0.3, 0.4) is 0 Å². The molecule has 1 aliphatic heterocycles. The van der Waals surface area contributed by atoms with E-state index in [-0.39, 0.29) is 17.7 Å². The summed E-state index contributed by atoms with van der Waals surface area (Å²) in [5.41, 5.74) is 1.10. The van der Waals surface area contributed by atoms with E-state index >= 15 is 0 Å². The van der Waals surface area contributed by atoms with Gasteiger partial charge in [0.05, 0.1) is 16.9 Å². The molecule has 0 saturated carbocycles. The van der Waals surface area contributed by atoms with Crippen molar-refractivity contribution in [3.05, 3.63) is 24.3 Å². The third kappa shape index (κ3) is 2.48. The molecule has 2 N–H and O–H groups in total. The normalized spacial score (nSPS) is 17.5. The van der Waals surface area contributed by atoms with Crippen molar-refractivity contribution in [3.63, 3.8) is 0 Å². The maximum absolute atomic E-state index is 12.5. The van der Waals surface area contributed by atoms with Gasteiger partial charge in [0.2, 0.25) is 5.91 Å². The molecule has 1 heterocycles. The number of para-hydroxylation sites is 2. The Morgan fingerprint density at radius 3 is 2.45 bits per heavy atom. The predicted molar refractivity (Wildman–Crippen MR) is 79.9 cm³/mol. The van der Waals surface area contributed by atoms with Crippen LogP contribution >= 0.6 is 0 Å². The number of nitrogens with zero attached hydrogens (tertiary/aromatic N) is 1. The maximum Gasteiger partial charge on any atom is 0.247 e. The Morgan fingerprint density at radius 1 is 1.25 bits per heavy atom. The molecule has 0 saturated heterocycles. The predicted octanol–water partition coefficient (Wildman–Crippen LogP) is 1.72. The van der Waals surface area contributed by atoms with Crippen LogP contribution in [0.2, 0.25) is 0 Å². The number of hydrogen-bond acceptors (Lipinski definition) is 4. The van der Waals surface area contributed by atoms with Gasteiger partial charge in [0.1, 0.15) is 6.04 Å². The van der Waals surface area contributed by atoms with Gasteiger partial charge in [0.25, 0.3) is 0 Å². The van der Waals surface area contributed by atoms with Crippen molar-refractivity contribution in [2.75, 3.05) is 24.2 Å². The average molecular weight is 275 g/mol. The van der Waals surface area contributed by atoms with Crippen LogP contribution < -0.4 is 10.6 Å². The highest BCUT2D eigenvalue weighted by molar-refractivity contribution is 5.94. The minimum Gasteiger partial charge on any atom is -0.381 e. The molecule has 2 rings (SSSR count). The lowest BCUT2D eigenvalue weighted by Gasteiger charge is -2.37. The number of amides is 1. The quantitative estimate of drug-likeness (QED) is 0.881. The second-order valence-electron chi connectivity index (χ2n) is 5.64. The van der Waals surface area contributed by atoms with Crippen molar-refractivity contribution in [2.45, 2.75) is 32.4 Å². The molecule has 0 bridgehead atoms. The molecule has 1 aromatic carbocycles. The lowest BCUT2D eigenvalue weighted by Crippen LogP contribution is -2.56. The van der Waals surface area contributed by atoms with E-state index in [0.717, 1.165) is 11.4 Å². The molecule has 0 fully saturated rings. The minimum atomic E-state index is -0.796. The third-order valence-corrected chi connectivity index (χ3v) is 4.08. The molecule has 1 amide bonds. The van der Waals surface area contributed by atoms with Gasteiger partial charge >= 0.3 is 0 Å². The van der Waals surface area contributed by atoms with E-state index in [1.165, 1.54) is 11.8 Å². The molecule has 1 unspecified atom stereocenters. The van der Waals surface area contributed by atoms with E-state index in [0.29, 0.717) is 6.54 Å². The molecule has 1 aromatic rings. The summed E-state index contributed by atoms with van der Waals surface area (Å²) in [7, 11) is 1.67. The molecule has 5 heteroatoms. The Hall–Kier alpha value is -2.04. The van der Waals surface area contributed by atoms with E-state index in [9.17, 15) is 9.59 Å². The zero-order valence-corrected chi connectivity index (χ0v) is 12.4. The summed E-state index contributed by atoms with van der Waals surface area (Å²) < 4.78 is 0. The van der Waals surface area contributed by atoms with Crippen LogP contribution in [-0.2, 0) is 9.59 Å². The smallest absolute Gasteiger partial charge is 0.247 e. The number of hydrogen-bond donors (Lipinski definition) is 2. The van der Waals surface area contributed by atoms with E-state index in [2.05, 4.69) is 10.6 Å². The van der Waals surface area contributed by atoms with E-state index in [1.54, 1.807) is 20.9 Å². The molecule has 0 aromatic heterocycles. The Balaban J connectivity index is 2.14. The number of rotatable bonds is 3. The van der Waals surface area contributed by atoms with Crippen LogP contribution in [0.4, 0.5) is 11.4 Å². The molecular formula is C15H21N3O2. The van der Waals surface area contributed by atoms with Gasteiger partial charge in [-0.25, -0.2) is 0 Å². The first-order chi connectivity index (χ1) is 9.34. The van der Waals surface area contributed by atoms with Crippen LogP contribution in [-0.4, -0.2) is 41.8 Å². The molecular weight excluding hydrogens is 254 g/mol. The number of ketones is 1. The zero-order chi connectivity index (χ0) is 14.9. The van der Waals surface area contributed by atoms with Crippen molar-refractivity contribution in [2.24, 2.45) is 0 Å². The van der Waals surface area contributed by atoms with Gasteiger partial charge in [-0.05, 0) is 32.9 Å². The number of fused-ring (bicyclic) bond motifs is 1. The molecule has 5 nitrogen and oxygen atoms in total. The summed E-state index contributed by atoms with van der Waals surface area (Å²) in [5, 5.41) is 6.46. The number of Topliss-reactive ketones (excluding diaryl/α,β-unsaturated/α-hetero) is 1. The lowest BCUT2D eigenvalue weighted by atomic mass is 9.97. The van der Waals surface area contributed by atoms with Crippen molar-refractivity contribution in [1.82, 2.24) is 4.90 Å². The monoisotopic (exact) mass is 275 g/mol. The highest BCUT2D eigenvalue weighted by Crippen LogP contribution is 2.26. The van der Waals surface area contributed by atoms with Gasteiger partial charge in [0.15, 0.2) is 5.78 Å². The highest BCUT2D eigenvalue weighted by atomic mass is 16.2. The van der Waals surface area contributed by atoms with Gasteiger partial charge in [-0.2, -0.15) is 0 Å². The van der Waals surface area contributed by atoms with Gasteiger partial charge in [-0.15, -0.1) is 0 Å². The van der Waals surface area contributed by atoms with Crippen molar-refractivity contribution in [3.8, 4) is 0 Å². The van der Waals surface area contributed by atoms with Crippen LogP contribution in [0, 0.1) is 0 Å². The van der Waals surface area contributed by atoms with E-state index in [4.69, 9.17) is 0 Å². The van der Waals surface area contributed by atoms with Gasteiger partial charge in [-0.3, -0.25) is 9.59 Å². The molecule has 1 aliphatic rings. The Labute approximate surface area is 119 Å². The second-order valence-corrected chi connectivity index (χ2v) is 5.64. The molecule has 1 atom stereocenters. The summed E-state index contributed by atoms with van der Waals surface area (Å²) in [6.07, 6.45) is 0. The minimum absolute atomic E-state index is 0.0301. The molecule has 20 heavy (non-hydrogen) atoms. The van der Waals surface area contributed by atoms with E-state index in [1.807, 2.05) is 24.3 Å². The van der Waals surface area contributed by atoms with Gasteiger partial charge in [0, 0.05) is 13.6 Å². The SMILES string of the molecule is CC(=O)C(C)(C)N(C)C(=O)C1CNc2ccccc2N1. The van der Waals surface area contributed by atoms with Crippen molar-refractivity contribution < 1.29 is 9.59 Å². The fourth-order valence-electron chi connectivity index (χ4n) is 2.11. The second kappa shape index (κ2) is 5.15. The summed E-state index contributed by atoms with van der Waals surface area (Å²) in [4.78, 5) is 25.7. The van der Waals surface area contributed by atoms with Crippen molar-refractivity contribution >= 4 is 23.1 Å². The highest BCUT2D eigenvalue weighted by Gasteiger charge is 2.36. The van der Waals surface area contributed by atoms with Crippen LogP contribution in [0.25, 0.3) is 0 Å². The Bertz CT molecular complexity index is 540. The zero-order valence-electron chi connectivity index (χ0n) is 12.4. The molecule has 0 aliphatic carbocycles. The topological polar surface area (TPSA) is 61.4 Å². The number of carbonyl (C=O) groups excluding carboxylic acids is 2. The first-order valence-electron chi connectivity index (χ1n) is 6.72. The molecule has 0 radical (unpaired) electrons. The van der Waals surface area contributed by atoms with Crippen molar-refractivity contribution in [1.29, 1.82) is 0 Å². The van der Waals surface area contributed by atoms with Crippen LogP contribution in [0.15, 0.2) is 24.3 Å². The average Bonchev–Trinajstić information content (AvgIpc) is 2.44. The van der Waals surface area contributed by atoms with E-state index < -0.39 is 5.54 Å².